The Morgan fingerprint density at radius 1 is 1.23 bits per heavy atom. The summed E-state index contributed by atoms with van der Waals surface area (Å²) in [5, 5.41) is 3.44. The monoisotopic (exact) mass is 429 g/mol. The molecule has 0 radical (unpaired) electrons. The van der Waals surface area contributed by atoms with Crippen molar-refractivity contribution >= 4 is 67.9 Å². The molecule has 0 fully saturated rings. The standard InChI is InChI=1S/C18H20ClN3OS2.ClH/c1-12-14(19)6-7-15-17(12)20-18(25-15)22(9-8-21(2)3)16(23)11-13-5-4-10-24-13;/h4-7,10H,8-9,11H2,1-3H3;1H. The molecule has 3 rings (SSSR count). The number of nitrogens with zero attached hydrogens (tertiary/aromatic N) is 3. The molecule has 0 atom stereocenters. The predicted molar refractivity (Wildman–Crippen MR) is 116 cm³/mol. The molecular weight excluding hydrogens is 409 g/mol. The Morgan fingerprint density at radius 3 is 2.65 bits per heavy atom. The van der Waals surface area contributed by atoms with Crippen LogP contribution in [0.5, 0.6) is 0 Å². The molecule has 0 bridgehead atoms. The van der Waals surface area contributed by atoms with Crippen molar-refractivity contribution in [3.05, 3.63) is 45.1 Å². The highest BCUT2D eigenvalue weighted by molar-refractivity contribution is 7.22. The molecule has 8 heteroatoms. The zero-order chi connectivity index (χ0) is 18.0. The van der Waals surface area contributed by atoms with E-state index >= 15 is 0 Å². The van der Waals surface area contributed by atoms with Crippen LogP contribution in [-0.2, 0) is 11.2 Å². The zero-order valence-electron chi connectivity index (χ0n) is 14.9. The molecule has 0 aliphatic rings. The van der Waals surface area contributed by atoms with Crippen molar-refractivity contribution in [1.82, 2.24) is 9.88 Å². The minimum absolute atomic E-state index is 0. The van der Waals surface area contributed by atoms with Crippen LogP contribution in [0, 0.1) is 6.92 Å². The van der Waals surface area contributed by atoms with Crippen LogP contribution in [0.4, 0.5) is 5.13 Å². The fraction of sp³-hybridized carbons (Fsp3) is 0.333. The normalized spacial score (nSPS) is 11.0. The van der Waals surface area contributed by atoms with E-state index in [0.717, 1.165) is 32.3 Å². The highest BCUT2D eigenvalue weighted by Gasteiger charge is 2.21. The second-order valence-electron chi connectivity index (χ2n) is 6.12. The van der Waals surface area contributed by atoms with E-state index in [2.05, 4.69) is 4.90 Å². The van der Waals surface area contributed by atoms with Gasteiger partial charge < -0.3 is 4.90 Å². The van der Waals surface area contributed by atoms with Gasteiger partial charge in [0.2, 0.25) is 5.91 Å². The molecule has 0 unspecified atom stereocenters. The number of rotatable bonds is 6. The van der Waals surface area contributed by atoms with Gasteiger partial charge in [-0.05, 0) is 50.2 Å². The average Bonchev–Trinajstić information content (AvgIpc) is 3.21. The fourth-order valence-corrected chi connectivity index (χ4v) is 4.41. The molecular formula is C18H21Cl2N3OS2. The Labute approximate surface area is 172 Å². The van der Waals surface area contributed by atoms with Crippen molar-refractivity contribution in [2.75, 3.05) is 32.1 Å². The number of hydrogen-bond donors (Lipinski definition) is 0. The maximum atomic E-state index is 12.9. The number of benzene rings is 1. The molecule has 0 saturated carbocycles. The van der Waals surface area contributed by atoms with E-state index in [0.29, 0.717) is 18.0 Å². The Hall–Kier alpha value is -1.18. The van der Waals surface area contributed by atoms with Crippen LogP contribution in [0.2, 0.25) is 5.02 Å². The topological polar surface area (TPSA) is 36.4 Å². The molecule has 26 heavy (non-hydrogen) atoms. The summed E-state index contributed by atoms with van der Waals surface area (Å²) in [7, 11) is 4.01. The Balaban J connectivity index is 0.00000243. The second-order valence-corrected chi connectivity index (χ2v) is 8.57. The maximum Gasteiger partial charge on any atom is 0.234 e. The Bertz CT molecular complexity index is 878. The van der Waals surface area contributed by atoms with Crippen molar-refractivity contribution in [3.63, 3.8) is 0 Å². The molecule has 0 aliphatic carbocycles. The number of likely N-dealkylation sites (N-methyl/N-ethyl adjacent to an activating group) is 1. The number of carbonyl (C=O) groups is 1. The summed E-state index contributed by atoms with van der Waals surface area (Å²) in [5.41, 5.74) is 1.84. The molecule has 140 valence electrons. The highest BCUT2D eigenvalue weighted by Crippen LogP contribution is 2.33. The molecule has 0 spiro atoms. The summed E-state index contributed by atoms with van der Waals surface area (Å²) >= 11 is 9.36. The molecule has 1 amide bonds. The van der Waals surface area contributed by atoms with Gasteiger partial charge in [0.05, 0.1) is 16.6 Å². The summed E-state index contributed by atoms with van der Waals surface area (Å²) in [6, 6.07) is 7.83. The van der Waals surface area contributed by atoms with E-state index in [1.54, 1.807) is 27.6 Å². The van der Waals surface area contributed by atoms with Crippen molar-refractivity contribution in [2.24, 2.45) is 0 Å². The van der Waals surface area contributed by atoms with E-state index in [1.165, 1.54) is 0 Å². The summed E-state index contributed by atoms with van der Waals surface area (Å²) in [6.07, 6.45) is 0.404. The number of hydrogen-bond acceptors (Lipinski definition) is 5. The number of thiazole rings is 1. The number of fused-ring (bicyclic) bond motifs is 1. The van der Waals surface area contributed by atoms with Crippen LogP contribution in [0.1, 0.15) is 10.4 Å². The number of thiophene rings is 1. The summed E-state index contributed by atoms with van der Waals surface area (Å²) in [6.45, 7) is 3.36. The number of carbonyl (C=O) groups excluding carboxylic acids is 1. The minimum Gasteiger partial charge on any atom is -0.308 e. The first kappa shape index (κ1) is 21.1. The summed E-state index contributed by atoms with van der Waals surface area (Å²) in [4.78, 5) is 22.6. The number of anilines is 1. The molecule has 3 aromatic rings. The van der Waals surface area contributed by atoms with Gasteiger partial charge in [-0.2, -0.15) is 0 Å². The van der Waals surface area contributed by atoms with Gasteiger partial charge in [0.25, 0.3) is 0 Å². The first-order valence-corrected chi connectivity index (χ1v) is 10.1. The zero-order valence-corrected chi connectivity index (χ0v) is 18.1. The largest absolute Gasteiger partial charge is 0.308 e. The van der Waals surface area contributed by atoms with E-state index in [4.69, 9.17) is 16.6 Å². The minimum atomic E-state index is 0. The SMILES string of the molecule is Cc1c(Cl)ccc2sc(N(CCN(C)C)C(=O)Cc3cccs3)nc12.Cl. The van der Waals surface area contributed by atoms with Crippen LogP contribution in [0.25, 0.3) is 10.2 Å². The average molecular weight is 430 g/mol. The fourth-order valence-electron chi connectivity index (χ4n) is 2.49. The smallest absolute Gasteiger partial charge is 0.234 e. The number of aromatic nitrogens is 1. The summed E-state index contributed by atoms with van der Waals surface area (Å²) in [5.74, 6) is 0.0760. The Morgan fingerprint density at radius 2 is 2.00 bits per heavy atom. The highest BCUT2D eigenvalue weighted by atomic mass is 35.5. The maximum absolute atomic E-state index is 12.9. The molecule has 4 nitrogen and oxygen atoms in total. The van der Waals surface area contributed by atoms with E-state index < -0.39 is 0 Å². The van der Waals surface area contributed by atoms with Gasteiger partial charge >= 0.3 is 0 Å². The number of amides is 1. The number of halogens is 2. The van der Waals surface area contributed by atoms with Crippen LogP contribution < -0.4 is 4.90 Å². The van der Waals surface area contributed by atoms with Gasteiger partial charge in [-0.15, -0.1) is 23.7 Å². The third-order valence-electron chi connectivity index (χ3n) is 3.94. The van der Waals surface area contributed by atoms with Crippen molar-refractivity contribution in [2.45, 2.75) is 13.3 Å². The van der Waals surface area contributed by atoms with Crippen molar-refractivity contribution < 1.29 is 4.79 Å². The quantitative estimate of drug-likeness (QED) is 0.559. The predicted octanol–water partition coefficient (Wildman–Crippen LogP) is 4.88. The molecule has 2 heterocycles. The van der Waals surface area contributed by atoms with Gasteiger partial charge in [0.1, 0.15) is 0 Å². The van der Waals surface area contributed by atoms with Gasteiger partial charge in [-0.1, -0.05) is 29.0 Å². The first-order valence-electron chi connectivity index (χ1n) is 7.99. The third-order valence-corrected chi connectivity index (χ3v) is 6.27. The van der Waals surface area contributed by atoms with Crippen LogP contribution in [0.3, 0.4) is 0 Å². The summed E-state index contributed by atoms with van der Waals surface area (Å²) < 4.78 is 1.05. The van der Waals surface area contributed by atoms with Crippen LogP contribution in [0.15, 0.2) is 29.6 Å². The molecule has 0 saturated heterocycles. The third kappa shape index (κ3) is 4.75. The van der Waals surface area contributed by atoms with Crippen LogP contribution >= 0.6 is 46.7 Å². The van der Waals surface area contributed by atoms with E-state index in [9.17, 15) is 4.79 Å². The van der Waals surface area contributed by atoms with Gasteiger partial charge in [0.15, 0.2) is 5.13 Å². The molecule has 0 aliphatic heterocycles. The second kappa shape index (κ2) is 9.15. The Kier molecular flexibility index (Phi) is 7.43. The molecule has 0 N–H and O–H groups in total. The van der Waals surface area contributed by atoms with E-state index in [-0.39, 0.29) is 18.3 Å². The van der Waals surface area contributed by atoms with E-state index in [1.807, 2.05) is 50.7 Å². The lowest BCUT2D eigenvalue weighted by molar-refractivity contribution is -0.118. The van der Waals surface area contributed by atoms with Gasteiger partial charge in [-0.25, -0.2) is 4.98 Å². The first-order chi connectivity index (χ1) is 12.0. The molecule has 2 aromatic heterocycles. The lowest BCUT2D eigenvalue weighted by Gasteiger charge is -2.21. The van der Waals surface area contributed by atoms with Crippen molar-refractivity contribution in [1.29, 1.82) is 0 Å². The van der Waals surface area contributed by atoms with Crippen LogP contribution in [-0.4, -0.2) is 43.0 Å². The molecule has 1 aromatic carbocycles. The van der Waals surface area contributed by atoms with Gasteiger partial charge in [-0.3, -0.25) is 9.69 Å². The lowest BCUT2D eigenvalue weighted by Crippen LogP contribution is -2.37. The lowest BCUT2D eigenvalue weighted by atomic mass is 10.2. The number of aryl methyl sites for hydroxylation is 1. The van der Waals surface area contributed by atoms with Gasteiger partial charge in [0, 0.05) is 23.0 Å². The van der Waals surface area contributed by atoms with Crippen molar-refractivity contribution in [3.8, 4) is 0 Å².